The minimum absolute atomic E-state index is 0.0296. The van der Waals surface area contributed by atoms with Gasteiger partial charge in [-0.15, -0.1) is 0 Å². The van der Waals surface area contributed by atoms with Crippen LogP contribution in [0.4, 0.5) is 0 Å². The molecule has 0 bridgehead atoms. The summed E-state index contributed by atoms with van der Waals surface area (Å²) in [5.74, 6) is 0.529. The molecule has 0 saturated heterocycles. The molecule has 0 fully saturated rings. The first-order valence-corrected chi connectivity index (χ1v) is 10.5. The highest BCUT2D eigenvalue weighted by atomic mass is 31.2. The zero-order chi connectivity index (χ0) is 18.6. The van der Waals surface area contributed by atoms with Gasteiger partial charge in [-0.1, -0.05) is 54.6 Å². The zero-order valence-electron chi connectivity index (χ0n) is 14.4. The molecule has 1 unspecified atom stereocenters. The predicted octanol–water partition coefficient (Wildman–Crippen LogP) is 4.57. The van der Waals surface area contributed by atoms with Crippen LogP contribution in [0.5, 0.6) is 11.5 Å². The first-order valence-electron chi connectivity index (χ1n) is 8.83. The zero-order valence-corrected chi connectivity index (χ0v) is 15.3. The third-order valence-corrected chi connectivity index (χ3v) is 7.64. The van der Waals surface area contributed by atoms with Crippen molar-refractivity contribution in [3.8, 4) is 11.5 Å². The van der Waals surface area contributed by atoms with Crippen molar-refractivity contribution in [1.82, 2.24) is 0 Å². The Labute approximate surface area is 156 Å². The Balaban J connectivity index is 1.83. The molecule has 0 saturated carbocycles. The molecule has 0 spiro atoms. The summed E-state index contributed by atoms with van der Waals surface area (Å²) in [7, 11) is -3.62. The second-order valence-corrected chi connectivity index (χ2v) is 9.00. The van der Waals surface area contributed by atoms with Crippen LogP contribution >= 0.6 is 7.37 Å². The third kappa shape index (κ3) is 2.27. The first-order chi connectivity index (χ1) is 13.1. The van der Waals surface area contributed by atoms with Crippen molar-refractivity contribution in [2.75, 3.05) is 0 Å². The summed E-state index contributed by atoms with van der Waals surface area (Å²) < 4.78 is 20.3. The van der Waals surface area contributed by atoms with Crippen LogP contribution in [0, 0.1) is 0 Å². The minimum atomic E-state index is -3.62. The smallest absolute Gasteiger partial charge is 0.310 e. The van der Waals surface area contributed by atoms with E-state index >= 15 is 0 Å². The van der Waals surface area contributed by atoms with E-state index in [1.54, 1.807) is 30.3 Å². The average molecular weight is 376 g/mol. The van der Waals surface area contributed by atoms with Gasteiger partial charge in [0.15, 0.2) is 0 Å². The van der Waals surface area contributed by atoms with Crippen LogP contribution in [-0.4, -0.2) is 10.2 Å². The maximum atomic E-state index is 14.2. The lowest BCUT2D eigenvalue weighted by molar-refractivity contribution is 0.400. The number of phenolic OH excluding ortho intramolecular Hbond substituents is 2. The standard InChI is InChI=1S/C22H17O4P/c23-18-13-21(22(24)17-10-2-1-7-14(17)18)27(25)20-12-6-4-9-16(20)15-8-3-5-11-19(15)26-27/h1-4,6-10,12-13,23-24H,5,11H2. The van der Waals surface area contributed by atoms with Crippen LogP contribution in [-0.2, 0) is 9.09 Å². The molecule has 5 rings (SSSR count). The van der Waals surface area contributed by atoms with Gasteiger partial charge in [-0.05, 0) is 24.1 Å². The highest BCUT2D eigenvalue weighted by Gasteiger charge is 2.41. The van der Waals surface area contributed by atoms with Gasteiger partial charge in [0.2, 0.25) is 0 Å². The number of fused-ring (bicyclic) bond motifs is 3. The number of benzene rings is 3. The molecule has 1 atom stereocenters. The van der Waals surface area contributed by atoms with E-state index in [0.717, 1.165) is 17.6 Å². The van der Waals surface area contributed by atoms with E-state index in [-0.39, 0.29) is 16.8 Å². The highest BCUT2D eigenvalue weighted by Crippen LogP contribution is 2.56. The van der Waals surface area contributed by atoms with Gasteiger partial charge in [0.1, 0.15) is 17.3 Å². The van der Waals surface area contributed by atoms with Gasteiger partial charge in [-0.3, -0.25) is 4.57 Å². The first kappa shape index (κ1) is 16.2. The molecular formula is C22H17O4P. The van der Waals surface area contributed by atoms with Crippen molar-refractivity contribution in [3.05, 3.63) is 78.1 Å². The second-order valence-electron chi connectivity index (χ2n) is 6.75. The number of hydrogen-bond donors (Lipinski definition) is 2. The number of aromatic hydroxyl groups is 2. The van der Waals surface area contributed by atoms with Gasteiger partial charge >= 0.3 is 7.37 Å². The Morgan fingerprint density at radius 1 is 0.926 bits per heavy atom. The minimum Gasteiger partial charge on any atom is -0.507 e. The quantitative estimate of drug-likeness (QED) is 0.482. The Kier molecular flexibility index (Phi) is 3.46. The SMILES string of the molecule is O=P1(c2cc(O)c3ccccc3c2O)OC2=C(C=CCC2)c2ccccc21. The van der Waals surface area contributed by atoms with Crippen molar-refractivity contribution in [2.24, 2.45) is 0 Å². The average Bonchev–Trinajstić information content (AvgIpc) is 2.71. The molecule has 134 valence electrons. The van der Waals surface area contributed by atoms with Gasteiger partial charge in [0.25, 0.3) is 0 Å². The third-order valence-electron chi connectivity index (χ3n) is 5.16. The van der Waals surface area contributed by atoms with Crippen LogP contribution in [0.15, 0.2) is 72.5 Å². The Morgan fingerprint density at radius 2 is 1.67 bits per heavy atom. The topological polar surface area (TPSA) is 66.8 Å². The summed E-state index contributed by atoms with van der Waals surface area (Å²) >= 11 is 0. The van der Waals surface area contributed by atoms with Crippen molar-refractivity contribution in [1.29, 1.82) is 0 Å². The molecule has 3 aromatic rings. The van der Waals surface area contributed by atoms with Crippen LogP contribution in [0.25, 0.3) is 16.3 Å². The second kappa shape index (κ2) is 5.77. The van der Waals surface area contributed by atoms with E-state index in [1.165, 1.54) is 6.07 Å². The molecule has 2 N–H and O–H groups in total. The molecule has 0 aromatic heterocycles. The predicted molar refractivity (Wildman–Crippen MR) is 107 cm³/mol. The summed E-state index contributed by atoms with van der Waals surface area (Å²) in [5, 5.41) is 23.0. The normalized spacial score (nSPS) is 20.9. The van der Waals surface area contributed by atoms with E-state index in [4.69, 9.17) is 4.52 Å². The summed E-state index contributed by atoms with van der Waals surface area (Å²) in [4.78, 5) is 0. The summed E-state index contributed by atoms with van der Waals surface area (Å²) in [6.45, 7) is 0. The molecular weight excluding hydrogens is 359 g/mol. The molecule has 1 aliphatic heterocycles. The van der Waals surface area contributed by atoms with Gasteiger partial charge in [0, 0.05) is 22.8 Å². The maximum Gasteiger partial charge on any atom is 0.310 e. The lowest BCUT2D eigenvalue weighted by atomic mass is 9.98. The molecule has 0 radical (unpaired) electrons. The van der Waals surface area contributed by atoms with Gasteiger partial charge in [-0.2, -0.15) is 0 Å². The molecule has 1 aliphatic carbocycles. The van der Waals surface area contributed by atoms with Crippen molar-refractivity contribution >= 4 is 34.3 Å². The highest BCUT2D eigenvalue weighted by molar-refractivity contribution is 7.75. The Morgan fingerprint density at radius 3 is 2.52 bits per heavy atom. The molecule has 4 nitrogen and oxygen atoms in total. The Bertz CT molecular complexity index is 1210. The fourth-order valence-electron chi connectivity index (χ4n) is 3.87. The van der Waals surface area contributed by atoms with Gasteiger partial charge in [0.05, 0.1) is 10.6 Å². The fourth-order valence-corrected chi connectivity index (χ4v) is 6.31. The molecule has 2 aliphatic rings. The molecule has 0 amide bonds. The van der Waals surface area contributed by atoms with Gasteiger partial charge < -0.3 is 14.7 Å². The lowest BCUT2D eigenvalue weighted by Crippen LogP contribution is -2.26. The van der Waals surface area contributed by atoms with Crippen molar-refractivity contribution in [3.63, 3.8) is 0 Å². The number of phenols is 2. The fraction of sp³-hybridized carbons (Fsp3) is 0.0909. The van der Waals surface area contributed by atoms with Crippen molar-refractivity contribution in [2.45, 2.75) is 12.8 Å². The monoisotopic (exact) mass is 376 g/mol. The maximum absolute atomic E-state index is 14.2. The van der Waals surface area contributed by atoms with Crippen LogP contribution in [0.1, 0.15) is 18.4 Å². The molecule has 3 aromatic carbocycles. The number of hydrogen-bond acceptors (Lipinski definition) is 4. The molecule has 27 heavy (non-hydrogen) atoms. The van der Waals surface area contributed by atoms with Crippen LogP contribution in [0.3, 0.4) is 0 Å². The van der Waals surface area contributed by atoms with Crippen LogP contribution in [0.2, 0.25) is 0 Å². The van der Waals surface area contributed by atoms with E-state index in [1.807, 2.05) is 24.3 Å². The van der Waals surface area contributed by atoms with Gasteiger partial charge in [-0.25, -0.2) is 0 Å². The lowest BCUT2D eigenvalue weighted by Gasteiger charge is -2.32. The van der Waals surface area contributed by atoms with E-state index < -0.39 is 7.37 Å². The van der Waals surface area contributed by atoms with Crippen molar-refractivity contribution < 1.29 is 19.3 Å². The number of allylic oxidation sites excluding steroid dienone is 4. The van der Waals surface area contributed by atoms with Crippen LogP contribution < -0.4 is 10.6 Å². The molecule has 5 heteroatoms. The summed E-state index contributed by atoms with van der Waals surface area (Å²) in [6, 6.07) is 15.7. The Hall–Kier alpha value is -2.97. The molecule has 1 heterocycles. The van der Waals surface area contributed by atoms with E-state index in [2.05, 4.69) is 6.08 Å². The largest absolute Gasteiger partial charge is 0.507 e. The van der Waals surface area contributed by atoms with E-state index in [9.17, 15) is 14.8 Å². The summed E-state index contributed by atoms with van der Waals surface area (Å²) in [6.07, 6.45) is 5.55. The number of rotatable bonds is 1. The summed E-state index contributed by atoms with van der Waals surface area (Å²) in [5.41, 5.74) is 1.79. The van der Waals surface area contributed by atoms with E-state index in [0.29, 0.717) is 28.3 Å².